The van der Waals surface area contributed by atoms with Gasteiger partial charge in [-0.25, -0.2) is 33.5 Å². The van der Waals surface area contributed by atoms with Crippen LogP contribution in [0.1, 0.15) is 20.7 Å². The number of fused-ring (bicyclic) bond motifs is 2. The van der Waals surface area contributed by atoms with Crippen LogP contribution in [0.5, 0.6) is 0 Å². The molecule has 56 heavy (non-hydrogen) atoms. The van der Waals surface area contributed by atoms with Gasteiger partial charge in [-0.3, -0.25) is 9.59 Å². The lowest BCUT2D eigenvalue weighted by molar-refractivity contribution is 0.101. The lowest BCUT2D eigenvalue weighted by Crippen LogP contribution is -2.12. The Morgan fingerprint density at radius 1 is 0.661 bits per heavy atom. The molecule has 0 aliphatic carbocycles. The second-order valence-electron chi connectivity index (χ2n) is 12.0. The normalized spacial score (nSPS) is 11.2. The van der Waals surface area contributed by atoms with Crippen LogP contribution in [0.25, 0.3) is 45.1 Å². The molecule has 2 amide bonds. The number of primary sulfonamides is 1. The molecule has 6 N–H and O–H groups in total. The van der Waals surface area contributed by atoms with E-state index in [1.54, 1.807) is 84.7 Å². The van der Waals surface area contributed by atoms with Crippen molar-refractivity contribution in [3.8, 4) is 22.8 Å². The fraction of sp³-hybridized carbons (Fsp3) is 0.0256. The predicted molar refractivity (Wildman–Crippen MR) is 221 cm³/mol. The number of hydrogen-bond acceptors (Lipinski definition) is 9. The van der Waals surface area contributed by atoms with Gasteiger partial charge in [-0.05, 0) is 79.1 Å². The Kier molecular flexibility index (Phi) is 11.1. The number of H-pyrrole nitrogens is 2. The summed E-state index contributed by atoms with van der Waals surface area (Å²) in [6.07, 6.45) is 5.11. The number of nitrogens with one attached hydrogen (secondary N) is 4. The minimum absolute atomic E-state index is 0.0139. The average Bonchev–Trinajstić information content (AvgIpc) is 3.82. The molecule has 4 aromatic heterocycles. The number of aromatic nitrogens is 6. The summed E-state index contributed by atoms with van der Waals surface area (Å²) in [5.74, 6) is 0.607. The number of hydrogen-bond donors (Lipinski definition) is 5. The summed E-state index contributed by atoms with van der Waals surface area (Å²) < 4.78 is 22.7. The van der Waals surface area contributed by atoms with Gasteiger partial charge in [0.1, 0.15) is 11.6 Å². The number of nitrogens with zero attached hydrogens (tertiary/aromatic N) is 4. The number of sulfonamides is 1. The zero-order chi connectivity index (χ0) is 39.4. The van der Waals surface area contributed by atoms with E-state index in [1.165, 1.54) is 18.3 Å². The number of rotatable bonds is 8. The van der Waals surface area contributed by atoms with Crippen molar-refractivity contribution in [1.82, 2.24) is 29.9 Å². The molecule has 0 atom stereocenters. The van der Waals surface area contributed by atoms with Gasteiger partial charge in [0, 0.05) is 16.0 Å². The molecular formula is C39H29Cl2N9O4S2. The van der Waals surface area contributed by atoms with Gasteiger partial charge in [-0.2, -0.15) is 0 Å². The largest absolute Gasteiger partial charge is 0.337 e. The molecule has 17 heteroatoms. The van der Waals surface area contributed by atoms with Crippen LogP contribution < -0.4 is 15.8 Å². The highest BCUT2D eigenvalue weighted by Crippen LogP contribution is 2.27. The van der Waals surface area contributed by atoms with Crippen LogP contribution in [0.3, 0.4) is 0 Å². The highest BCUT2D eigenvalue weighted by Gasteiger charge is 2.15. The number of carbonyl (C=O) groups excluding carboxylic acids is 2. The zero-order valence-electron chi connectivity index (χ0n) is 29.1. The highest BCUT2D eigenvalue weighted by atomic mass is 35.5. The minimum atomic E-state index is -3.76. The Morgan fingerprint density at radius 2 is 1.16 bits per heavy atom. The number of amides is 2. The topological polar surface area (TPSA) is 201 Å². The number of aromatic amines is 2. The Hall–Kier alpha value is -6.10. The van der Waals surface area contributed by atoms with Crippen LogP contribution in [0.2, 0.25) is 10.0 Å². The summed E-state index contributed by atoms with van der Waals surface area (Å²) in [7, 11) is -3.76. The lowest BCUT2D eigenvalue weighted by Gasteiger charge is -2.06. The molecule has 0 saturated heterocycles. The summed E-state index contributed by atoms with van der Waals surface area (Å²) in [5.41, 5.74) is 5.86. The predicted octanol–water partition coefficient (Wildman–Crippen LogP) is 8.43. The summed E-state index contributed by atoms with van der Waals surface area (Å²) in [5, 5.41) is 11.4. The molecule has 0 unspecified atom stereocenters. The molecule has 0 aliphatic heterocycles. The number of carbonyl (C=O) groups is 2. The van der Waals surface area contributed by atoms with Gasteiger partial charge in [0.25, 0.3) is 11.8 Å². The van der Waals surface area contributed by atoms with Crippen LogP contribution >= 0.6 is 35.0 Å². The molecule has 0 radical (unpaired) electrons. The number of halogens is 2. The Balaban J connectivity index is 0.000000172. The van der Waals surface area contributed by atoms with E-state index in [2.05, 4.69) is 52.7 Å². The van der Waals surface area contributed by atoms with Crippen molar-refractivity contribution in [2.24, 2.45) is 5.14 Å². The number of anilines is 2. The van der Waals surface area contributed by atoms with E-state index in [0.717, 1.165) is 21.8 Å². The molecule has 0 bridgehead atoms. The second kappa shape index (κ2) is 16.3. The Morgan fingerprint density at radius 3 is 1.64 bits per heavy atom. The van der Waals surface area contributed by atoms with Gasteiger partial charge < -0.3 is 20.6 Å². The van der Waals surface area contributed by atoms with E-state index >= 15 is 0 Å². The van der Waals surface area contributed by atoms with Gasteiger partial charge in [-0.15, -0.1) is 11.8 Å². The molecule has 0 saturated carbocycles. The zero-order valence-corrected chi connectivity index (χ0v) is 32.3. The van der Waals surface area contributed by atoms with Crippen molar-refractivity contribution in [3.05, 3.63) is 143 Å². The Bertz CT molecular complexity index is 2860. The van der Waals surface area contributed by atoms with Crippen molar-refractivity contribution in [2.75, 3.05) is 16.9 Å². The monoisotopic (exact) mass is 821 g/mol. The smallest absolute Gasteiger partial charge is 0.257 e. The van der Waals surface area contributed by atoms with Crippen molar-refractivity contribution in [2.45, 2.75) is 9.79 Å². The third kappa shape index (κ3) is 8.72. The minimum Gasteiger partial charge on any atom is -0.337 e. The summed E-state index contributed by atoms with van der Waals surface area (Å²) >= 11 is 13.8. The van der Waals surface area contributed by atoms with Gasteiger partial charge in [-0.1, -0.05) is 59.6 Å². The van der Waals surface area contributed by atoms with E-state index in [4.69, 9.17) is 28.3 Å². The van der Waals surface area contributed by atoms with Crippen LogP contribution in [-0.4, -0.2) is 56.4 Å². The molecule has 4 heterocycles. The SMILES string of the molecule is CSc1cccc(-c2nc3ncc(NC(=O)c4ccccc4Cl)cc3[nH]2)c1.NS(=O)(=O)c1ccc(-c2nc3ncc(NC(=O)c4ccccc4Cl)cc3[nH]2)cc1. The first-order valence-electron chi connectivity index (χ1n) is 16.6. The molecule has 4 aromatic carbocycles. The third-order valence-electron chi connectivity index (χ3n) is 8.23. The van der Waals surface area contributed by atoms with E-state index in [0.29, 0.717) is 60.7 Å². The van der Waals surface area contributed by atoms with E-state index in [-0.39, 0.29) is 16.7 Å². The Labute approximate surface area is 334 Å². The maximum absolute atomic E-state index is 12.4. The van der Waals surface area contributed by atoms with Gasteiger partial charge >= 0.3 is 0 Å². The molecule has 8 aromatic rings. The number of pyridine rings is 2. The van der Waals surface area contributed by atoms with Crippen molar-refractivity contribution >= 4 is 90.5 Å². The molecule has 280 valence electrons. The van der Waals surface area contributed by atoms with Gasteiger partial charge in [0.15, 0.2) is 11.3 Å². The first-order chi connectivity index (χ1) is 26.9. The van der Waals surface area contributed by atoms with Crippen molar-refractivity contribution < 1.29 is 18.0 Å². The third-order valence-corrected chi connectivity index (χ3v) is 10.5. The first kappa shape index (κ1) is 38.2. The standard InChI is InChI=1S/C20H15ClN4OS.C19H14ClN5O3S/c1-27-14-6-4-5-12(9-14)18-24-17-10-13(11-22-19(17)25-18)23-20(26)15-7-2-3-8-16(15)21;20-15-4-2-1-3-14(15)19(26)23-12-9-16-18(22-10-12)25-17(24-16)11-5-7-13(8-6-11)29(21,27)28/h2-11H,1H3,(H,23,26)(H,22,24,25);1-10H,(H,23,26)(H2,21,27,28)(H,22,24,25). The molecule has 13 nitrogen and oxygen atoms in total. The molecular weight excluding hydrogens is 794 g/mol. The summed E-state index contributed by atoms with van der Waals surface area (Å²) in [6, 6.07) is 31.3. The van der Waals surface area contributed by atoms with Crippen LogP contribution in [-0.2, 0) is 10.0 Å². The van der Waals surface area contributed by atoms with Crippen molar-refractivity contribution in [1.29, 1.82) is 0 Å². The molecule has 0 spiro atoms. The quantitative estimate of drug-likeness (QED) is 0.0933. The van der Waals surface area contributed by atoms with E-state index < -0.39 is 10.0 Å². The fourth-order valence-corrected chi connectivity index (χ4v) is 6.89. The van der Waals surface area contributed by atoms with Crippen LogP contribution in [0.15, 0.2) is 131 Å². The molecule has 8 rings (SSSR count). The fourth-order valence-electron chi connectivity index (χ4n) is 5.47. The maximum Gasteiger partial charge on any atom is 0.257 e. The van der Waals surface area contributed by atoms with Gasteiger partial charge in [0.05, 0.1) is 60.9 Å². The number of benzene rings is 4. The highest BCUT2D eigenvalue weighted by molar-refractivity contribution is 7.98. The first-order valence-corrected chi connectivity index (χ1v) is 20.1. The molecule has 0 fully saturated rings. The summed E-state index contributed by atoms with van der Waals surface area (Å²) in [4.78, 5) is 49.9. The van der Waals surface area contributed by atoms with Crippen LogP contribution in [0, 0.1) is 0 Å². The van der Waals surface area contributed by atoms with E-state index in [1.807, 2.05) is 24.5 Å². The van der Waals surface area contributed by atoms with Crippen LogP contribution in [0.4, 0.5) is 11.4 Å². The van der Waals surface area contributed by atoms with Crippen molar-refractivity contribution in [3.63, 3.8) is 0 Å². The number of thioether (sulfide) groups is 1. The average molecular weight is 823 g/mol. The number of imidazole rings is 2. The molecule has 0 aliphatic rings. The van der Waals surface area contributed by atoms with Gasteiger partial charge in [0.2, 0.25) is 10.0 Å². The summed E-state index contributed by atoms with van der Waals surface area (Å²) in [6.45, 7) is 0. The maximum atomic E-state index is 12.4. The number of nitrogens with two attached hydrogens (primary N) is 1. The van der Waals surface area contributed by atoms with E-state index in [9.17, 15) is 18.0 Å². The second-order valence-corrected chi connectivity index (χ2v) is 15.3. The lowest BCUT2D eigenvalue weighted by atomic mass is 10.2.